The molecule has 0 aromatic heterocycles. The van der Waals surface area contributed by atoms with E-state index in [-0.39, 0.29) is 11.4 Å². The first-order valence-corrected chi connectivity index (χ1v) is 6.05. The van der Waals surface area contributed by atoms with E-state index in [1.165, 1.54) is 6.92 Å². The molecular weight excluding hydrogens is 268 g/mol. The standard InChI is InChI=1S/C13H17F2N3O2/c1-6(7(2)16)13(20)18-12-5-10(15)9(14)4-11(12)17-8(3)19/h4-7H,16H2,1-3H3,(H,17,19)(H,18,20). The molecule has 0 aliphatic carbocycles. The highest BCUT2D eigenvalue weighted by molar-refractivity contribution is 5.99. The Morgan fingerprint density at radius 2 is 1.55 bits per heavy atom. The van der Waals surface area contributed by atoms with Gasteiger partial charge in [0.05, 0.1) is 17.3 Å². The Morgan fingerprint density at radius 3 is 1.95 bits per heavy atom. The summed E-state index contributed by atoms with van der Waals surface area (Å²) in [5.74, 6) is -3.67. The SMILES string of the molecule is CC(=O)Nc1cc(F)c(F)cc1NC(=O)C(C)C(C)N. The van der Waals surface area contributed by atoms with Crippen molar-refractivity contribution in [3.8, 4) is 0 Å². The van der Waals surface area contributed by atoms with Crippen LogP contribution in [0, 0.1) is 17.6 Å². The topological polar surface area (TPSA) is 84.2 Å². The molecule has 0 heterocycles. The Morgan fingerprint density at radius 1 is 1.10 bits per heavy atom. The lowest BCUT2D eigenvalue weighted by Crippen LogP contribution is -2.34. The van der Waals surface area contributed by atoms with Gasteiger partial charge in [0.2, 0.25) is 11.8 Å². The van der Waals surface area contributed by atoms with Crippen molar-refractivity contribution in [2.75, 3.05) is 10.6 Å². The molecule has 0 spiro atoms. The average Bonchev–Trinajstić information content (AvgIpc) is 2.33. The second-order valence-corrected chi connectivity index (χ2v) is 4.63. The largest absolute Gasteiger partial charge is 0.327 e. The summed E-state index contributed by atoms with van der Waals surface area (Å²) in [5.41, 5.74) is 5.57. The zero-order chi connectivity index (χ0) is 15.4. The molecule has 2 amide bonds. The van der Waals surface area contributed by atoms with Crippen LogP contribution in [0.1, 0.15) is 20.8 Å². The molecule has 20 heavy (non-hydrogen) atoms. The van der Waals surface area contributed by atoms with Gasteiger partial charge in [0, 0.05) is 25.1 Å². The van der Waals surface area contributed by atoms with Gasteiger partial charge in [-0.15, -0.1) is 0 Å². The van der Waals surface area contributed by atoms with Crippen LogP contribution in [-0.2, 0) is 9.59 Å². The fourth-order valence-corrected chi connectivity index (χ4v) is 1.43. The monoisotopic (exact) mass is 285 g/mol. The van der Waals surface area contributed by atoms with Crippen LogP contribution in [0.25, 0.3) is 0 Å². The molecule has 4 N–H and O–H groups in total. The number of nitrogens with one attached hydrogen (secondary N) is 2. The lowest BCUT2D eigenvalue weighted by atomic mass is 10.0. The van der Waals surface area contributed by atoms with Crippen molar-refractivity contribution >= 4 is 23.2 Å². The summed E-state index contributed by atoms with van der Waals surface area (Å²) in [6.45, 7) is 4.49. The number of hydrogen-bond acceptors (Lipinski definition) is 3. The van der Waals surface area contributed by atoms with Crippen LogP contribution in [0.3, 0.4) is 0 Å². The van der Waals surface area contributed by atoms with Gasteiger partial charge in [0.15, 0.2) is 11.6 Å². The Kier molecular flexibility index (Phi) is 5.15. The van der Waals surface area contributed by atoms with Gasteiger partial charge < -0.3 is 16.4 Å². The third-order valence-electron chi connectivity index (χ3n) is 2.83. The minimum Gasteiger partial charge on any atom is -0.327 e. The van der Waals surface area contributed by atoms with Crippen molar-refractivity contribution < 1.29 is 18.4 Å². The molecule has 2 unspecified atom stereocenters. The predicted molar refractivity (Wildman–Crippen MR) is 72.1 cm³/mol. The molecule has 1 aromatic rings. The molecule has 0 radical (unpaired) electrons. The summed E-state index contributed by atoms with van der Waals surface area (Å²) < 4.78 is 26.4. The quantitative estimate of drug-likeness (QED) is 0.789. The van der Waals surface area contributed by atoms with Crippen LogP contribution in [-0.4, -0.2) is 17.9 Å². The van der Waals surface area contributed by atoms with Crippen LogP contribution in [0.2, 0.25) is 0 Å². The van der Waals surface area contributed by atoms with E-state index in [9.17, 15) is 18.4 Å². The number of amides is 2. The van der Waals surface area contributed by atoms with E-state index in [2.05, 4.69) is 10.6 Å². The predicted octanol–water partition coefficient (Wildman–Crippen LogP) is 1.84. The fourth-order valence-electron chi connectivity index (χ4n) is 1.43. The summed E-state index contributed by atoms with van der Waals surface area (Å²) >= 11 is 0. The van der Waals surface area contributed by atoms with Gasteiger partial charge >= 0.3 is 0 Å². The van der Waals surface area contributed by atoms with Crippen LogP contribution in [0.5, 0.6) is 0 Å². The van der Waals surface area contributed by atoms with Crippen LogP contribution in [0.4, 0.5) is 20.2 Å². The Balaban J connectivity index is 3.06. The maximum Gasteiger partial charge on any atom is 0.228 e. The maximum atomic E-state index is 13.2. The van der Waals surface area contributed by atoms with Crippen LogP contribution >= 0.6 is 0 Å². The summed E-state index contributed by atoms with van der Waals surface area (Å²) in [5, 5.41) is 4.75. The normalized spacial score (nSPS) is 13.5. The van der Waals surface area contributed by atoms with Crippen molar-refractivity contribution in [3.05, 3.63) is 23.8 Å². The van der Waals surface area contributed by atoms with Gasteiger partial charge in [0.25, 0.3) is 0 Å². The molecule has 110 valence electrons. The highest BCUT2D eigenvalue weighted by Crippen LogP contribution is 2.26. The summed E-state index contributed by atoms with van der Waals surface area (Å²) in [7, 11) is 0. The molecule has 1 aromatic carbocycles. The first-order valence-electron chi connectivity index (χ1n) is 6.05. The molecule has 0 aliphatic heterocycles. The highest BCUT2D eigenvalue weighted by Gasteiger charge is 2.19. The number of anilines is 2. The lowest BCUT2D eigenvalue weighted by Gasteiger charge is -2.17. The molecule has 0 saturated carbocycles. The Labute approximate surface area is 115 Å². The van der Waals surface area contributed by atoms with Gasteiger partial charge in [0.1, 0.15) is 0 Å². The lowest BCUT2D eigenvalue weighted by molar-refractivity contribution is -0.120. The van der Waals surface area contributed by atoms with Crippen molar-refractivity contribution in [2.24, 2.45) is 11.7 Å². The molecule has 7 heteroatoms. The Bertz CT molecular complexity index is 533. The third-order valence-corrected chi connectivity index (χ3v) is 2.83. The van der Waals surface area contributed by atoms with Crippen molar-refractivity contribution in [2.45, 2.75) is 26.8 Å². The zero-order valence-electron chi connectivity index (χ0n) is 11.5. The molecular formula is C13H17F2N3O2. The van der Waals surface area contributed by atoms with E-state index in [4.69, 9.17) is 5.73 Å². The zero-order valence-corrected chi connectivity index (χ0v) is 11.5. The number of hydrogen-bond donors (Lipinski definition) is 3. The van der Waals surface area contributed by atoms with E-state index < -0.39 is 35.4 Å². The van der Waals surface area contributed by atoms with Gasteiger partial charge in [-0.3, -0.25) is 9.59 Å². The number of rotatable bonds is 4. The molecule has 0 bridgehead atoms. The van der Waals surface area contributed by atoms with Crippen LogP contribution in [0.15, 0.2) is 12.1 Å². The van der Waals surface area contributed by atoms with Gasteiger partial charge in [-0.2, -0.15) is 0 Å². The summed E-state index contributed by atoms with van der Waals surface area (Å²) in [4.78, 5) is 22.9. The molecule has 2 atom stereocenters. The molecule has 0 saturated heterocycles. The number of carbonyl (C=O) groups is 2. The molecule has 1 rings (SSSR count). The van der Waals surface area contributed by atoms with Crippen molar-refractivity contribution in [1.29, 1.82) is 0 Å². The smallest absolute Gasteiger partial charge is 0.228 e. The minimum absolute atomic E-state index is 0.0124. The number of benzene rings is 1. The van der Waals surface area contributed by atoms with E-state index in [0.717, 1.165) is 12.1 Å². The summed E-state index contributed by atoms with van der Waals surface area (Å²) in [6.07, 6.45) is 0. The number of nitrogens with two attached hydrogens (primary N) is 1. The van der Waals surface area contributed by atoms with Crippen LogP contribution < -0.4 is 16.4 Å². The average molecular weight is 285 g/mol. The molecule has 0 fully saturated rings. The minimum atomic E-state index is -1.12. The van der Waals surface area contributed by atoms with Gasteiger partial charge in [-0.25, -0.2) is 8.78 Å². The third kappa shape index (κ3) is 3.99. The van der Waals surface area contributed by atoms with E-state index in [1.54, 1.807) is 13.8 Å². The van der Waals surface area contributed by atoms with E-state index >= 15 is 0 Å². The van der Waals surface area contributed by atoms with E-state index in [0.29, 0.717) is 0 Å². The highest BCUT2D eigenvalue weighted by atomic mass is 19.2. The van der Waals surface area contributed by atoms with E-state index in [1.807, 2.05) is 0 Å². The van der Waals surface area contributed by atoms with Crippen molar-refractivity contribution in [1.82, 2.24) is 0 Å². The molecule has 0 aliphatic rings. The van der Waals surface area contributed by atoms with Gasteiger partial charge in [-0.1, -0.05) is 6.92 Å². The van der Waals surface area contributed by atoms with Gasteiger partial charge in [-0.05, 0) is 6.92 Å². The number of halogens is 2. The second-order valence-electron chi connectivity index (χ2n) is 4.63. The summed E-state index contributed by atoms with van der Waals surface area (Å²) in [6, 6.07) is 1.22. The first kappa shape index (κ1) is 16.0. The second kappa shape index (κ2) is 6.42. The molecule has 5 nitrogen and oxygen atoms in total. The maximum absolute atomic E-state index is 13.2. The first-order chi connectivity index (χ1) is 9.22. The Hall–Kier alpha value is -2.02. The number of carbonyl (C=O) groups excluding carboxylic acids is 2. The van der Waals surface area contributed by atoms with Crippen molar-refractivity contribution in [3.63, 3.8) is 0 Å². The fraction of sp³-hybridized carbons (Fsp3) is 0.385.